The highest BCUT2D eigenvalue weighted by Gasteiger charge is 2.34. The molecular weight excluding hydrogens is 284 g/mol. The Kier molecular flexibility index (Phi) is 3.65. The van der Waals surface area contributed by atoms with E-state index in [9.17, 15) is 0 Å². The molecule has 0 saturated carbocycles. The number of anilines is 2. The zero-order valence-electron chi connectivity index (χ0n) is 13.4. The van der Waals surface area contributed by atoms with Crippen molar-refractivity contribution in [1.82, 2.24) is 19.7 Å². The van der Waals surface area contributed by atoms with Crippen molar-refractivity contribution < 1.29 is 9.47 Å². The Morgan fingerprint density at radius 1 is 1.45 bits per heavy atom. The number of hydrogen-bond donors (Lipinski definition) is 1. The number of aromatic nitrogens is 4. The normalized spacial score (nSPS) is 21.5. The van der Waals surface area contributed by atoms with E-state index in [-0.39, 0.29) is 11.7 Å². The van der Waals surface area contributed by atoms with E-state index in [2.05, 4.69) is 20.0 Å². The molecule has 1 aliphatic rings. The molecule has 120 valence electrons. The molecule has 0 spiro atoms. The second-order valence-electron chi connectivity index (χ2n) is 6.25. The van der Waals surface area contributed by atoms with Crippen LogP contribution in [0.2, 0.25) is 0 Å². The second kappa shape index (κ2) is 5.36. The van der Waals surface area contributed by atoms with E-state index in [1.165, 1.54) is 0 Å². The van der Waals surface area contributed by atoms with Crippen LogP contribution >= 0.6 is 0 Å². The molecule has 0 radical (unpaired) electrons. The number of nitrogens with zero attached hydrogens (tertiary/aromatic N) is 5. The number of ether oxygens (including phenoxy) is 2. The first-order valence-electron chi connectivity index (χ1n) is 7.26. The quantitative estimate of drug-likeness (QED) is 0.886. The summed E-state index contributed by atoms with van der Waals surface area (Å²) in [5.41, 5.74) is 6.48. The Bertz CT molecular complexity index is 683. The molecule has 0 unspecified atom stereocenters. The van der Waals surface area contributed by atoms with Gasteiger partial charge in [0.15, 0.2) is 5.65 Å². The van der Waals surface area contributed by atoms with Crippen LogP contribution in [0, 0.1) is 0 Å². The topological polar surface area (TPSA) is 91.3 Å². The highest BCUT2D eigenvalue weighted by molar-refractivity contribution is 5.86. The van der Waals surface area contributed by atoms with Crippen molar-refractivity contribution in [3.63, 3.8) is 0 Å². The maximum absolute atomic E-state index is 6.05. The third-order valence-corrected chi connectivity index (χ3v) is 3.73. The van der Waals surface area contributed by atoms with Gasteiger partial charge in [-0.25, -0.2) is 0 Å². The van der Waals surface area contributed by atoms with Gasteiger partial charge in [-0.3, -0.25) is 4.68 Å². The van der Waals surface area contributed by atoms with Gasteiger partial charge >= 0.3 is 0 Å². The number of rotatable bonds is 3. The Morgan fingerprint density at radius 3 is 2.95 bits per heavy atom. The van der Waals surface area contributed by atoms with Crippen molar-refractivity contribution in [1.29, 1.82) is 0 Å². The first kappa shape index (κ1) is 15.0. The van der Waals surface area contributed by atoms with Gasteiger partial charge in [-0.05, 0) is 13.8 Å². The lowest BCUT2D eigenvalue weighted by Gasteiger charge is -2.42. The minimum Gasteiger partial charge on any atom is -0.383 e. The van der Waals surface area contributed by atoms with E-state index in [4.69, 9.17) is 15.2 Å². The summed E-state index contributed by atoms with van der Waals surface area (Å²) in [6, 6.07) is 0. The summed E-state index contributed by atoms with van der Waals surface area (Å²) < 4.78 is 13.0. The number of nitrogens with two attached hydrogens (primary N) is 1. The van der Waals surface area contributed by atoms with Crippen LogP contribution in [0.25, 0.3) is 11.0 Å². The summed E-state index contributed by atoms with van der Waals surface area (Å²) in [5.74, 6) is 1.05. The lowest BCUT2D eigenvalue weighted by molar-refractivity contribution is -0.106. The van der Waals surface area contributed by atoms with Crippen molar-refractivity contribution >= 4 is 22.8 Å². The Hall–Kier alpha value is -1.93. The third-order valence-electron chi connectivity index (χ3n) is 3.73. The van der Waals surface area contributed by atoms with E-state index in [0.717, 1.165) is 11.0 Å². The van der Waals surface area contributed by atoms with E-state index in [1.807, 2.05) is 20.9 Å². The minimum atomic E-state index is -0.305. The average molecular weight is 306 g/mol. The van der Waals surface area contributed by atoms with Gasteiger partial charge in [-0.1, -0.05) is 0 Å². The van der Waals surface area contributed by atoms with E-state index < -0.39 is 0 Å². The zero-order valence-corrected chi connectivity index (χ0v) is 13.4. The van der Waals surface area contributed by atoms with E-state index in [0.29, 0.717) is 31.5 Å². The molecule has 0 aliphatic carbocycles. The molecule has 3 heterocycles. The summed E-state index contributed by atoms with van der Waals surface area (Å²) in [7, 11) is 3.51. The molecule has 8 nitrogen and oxygen atoms in total. The van der Waals surface area contributed by atoms with Crippen LogP contribution in [0.3, 0.4) is 0 Å². The zero-order chi connectivity index (χ0) is 15.9. The van der Waals surface area contributed by atoms with Crippen LogP contribution in [-0.2, 0) is 16.5 Å². The lowest BCUT2D eigenvalue weighted by atomic mass is 10.1. The van der Waals surface area contributed by atoms with Crippen molar-refractivity contribution in [3.05, 3.63) is 6.20 Å². The highest BCUT2D eigenvalue weighted by atomic mass is 16.5. The Labute approximate surface area is 129 Å². The average Bonchev–Trinajstić information content (AvgIpc) is 2.80. The first-order valence-corrected chi connectivity index (χ1v) is 7.26. The molecule has 1 aliphatic heterocycles. The van der Waals surface area contributed by atoms with Crippen LogP contribution in [0.15, 0.2) is 6.20 Å². The monoisotopic (exact) mass is 306 g/mol. The molecule has 0 bridgehead atoms. The molecule has 1 saturated heterocycles. The molecule has 22 heavy (non-hydrogen) atoms. The number of nitrogen functional groups attached to an aromatic ring is 1. The predicted octanol–water partition coefficient (Wildman–Crippen LogP) is 0.576. The number of morpholine rings is 1. The fraction of sp³-hybridized carbons (Fsp3) is 0.643. The molecule has 2 aromatic rings. The summed E-state index contributed by atoms with van der Waals surface area (Å²) >= 11 is 0. The molecule has 8 heteroatoms. The molecule has 0 amide bonds. The lowest BCUT2D eigenvalue weighted by Crippen LogP contribution is -2.54. The molecule has 2 aromatic heterocycles. The molecular formula is C14H22N6O2. The summed E-state index contributed by atoms with van der Waals surface area (Å²) in [5, 5.41) is 4.96. The fourth-order valence-corrected chi connectivity index (χ4v) is 2.89. The van der Waals surface area contributed by atoms with Crippen LogP contribution in [0.4, 0.5) is 11.8 Å². The molecule has 1 atom stereocenters. The SMILES string of the molecule is COC[C@H]1CN(c2nc(N)c3cnn(C)c3n2)CC(C)(C)O1. The molecule has 1 fully saturated rings. The summed E-state index contributed by atoms with van der Waals surface area (Å²) in [6.45, 7) is 5.99. The number of fused-ring (bicyclic) bond motifs is 1. The van der Waals surface area contributed by atoms with Gasteiger partial charge in [0.25, 0.3) is 0 Å². The smallest absolute Gasteiger partial charge is 0.229 e. The predicted molar refractivity (Wildman–Crippen MR) is 83.8 cm³/mol. The van der Waals surface area contributed by atoms with Gasteiger partial charge in [0, 0.05) is 27.2 Å². The Morgan fingerprint density at radius 2 is 2.23 bits per heavy atom. The molecule has 0 aromatic carbocycles. The largest absolute Gasteiger partial charge is 0.383 e. The number of aryl methyl sites for hydroxylation is 1. The van der Waals surface area contributed by atoms with Crippen LogP contribution < -0.4 is 10.6 Å². The van der Waals surface area contributed by atoms with E-state index >= 15 is 0 Å². The van der Waals surface area contributed by atoms with Gasteiger partial charge in [0.2, 0.25) is 5.95 Å². The number of methoxy groups -OCH3 is 1. The highest BCUT2D eigenvalue weighted by Crippen LogP contribution is 2.26. The van der Waals surface area contributed by atoms with Crippen LogP contribution in [-0.4, -0.2) is 58.3 Å². The third kappa shape index (κ3) is 2.71. The number of hydrogen-bond acceptors (Lipinski definition) is 7. The van der Waals surface area contributed by atoms with Gasteiger partial charge in [-0.2, -0.15) is 15.1 Å². The molecule has 2 N–H and O–H groups in total. The Balaban J connectivity index is 1.96. The van der Waals surface area contributed by atoms with Crippen molar-refractivity contribution in [3.8, 4) is 0 Å². The molecule has 3 rings (SSSR count). The minimum absolute atomic E-state index is 0.0270. The first-order chi connectivity index (χ1) is 10.4. The maximum Gasteiger partial charge on any atom is 0.229 e. The van der Waals surface area contributed by atoms with Gasteiger partial charge < -0.3 is 20.1 Å². The van der Waals surface area contributed by atoms with E-state index in [1.54, 1.807) is 18.0 Å². The van der Waals surface area contributed by atoms with Gasteiger partial charge in [0.1, 0.15) is 5.82 Å². The van der Waals surface area contributed by atoms with Crippen LogP contribution in [0.5, 0.6) is 0 Å². The second-order valence-corrected chi connectivity index (χ2v) is 6.25. The summed E-state index contributed by atoms with van der Waals surface area (Å²) in [4.78, 5) is 11.2. The van der Waals surface area contributed by atoms with Crippen molar-refractivity contribution in [2.75, 3.05) is 37.4 Å². The van der Waals surface area contributed by atoms with Crippen molar-refractivity contribution in [2.45, 2.75) is 25.6 Å². The van der Waals surface area contributed by atoms with Crippen LogP contribution in [0.1, 0.15) is 13.8 Å². The standard InChI is InChI=1S/C14H22N6O2/c1-14(2)8-20(6-9(22-14)7-21-4)13-17-11(15)10-5-16-19(3)12(10)18-13/h5,9H,6-8H2,1-4H3,(H2,15,17,18)/t9-/m1/s1. The van der Waals surface area contributed by atoms with Gasteiger partial charge in [-0.15, -0.1) is 0 Å². The summed E-state index contributed by atoms with van der Waals surface area (Å²) in [6.07, 6.45) is 1.66. The maximum atomic E-state index is 6.05. The fourth-order valence-electron chi connectivity index (χ4n) is 2.89. The van der Waals surface area contributed by atoms with Crippen molar-refractivity contribution in [2.24, 2.45) is 7.05 Å². The van der Waals surface area contributed by atoms with Gasteiger partial charge in [0.05, 0.1) is 29.9 Å².